The molecule has 1 fully saturated rings. The van der Waals surface area contributed by atoms with Gasteiger partial charge in [0.05, 0.1) is 0 Å². The molecule has 1 aliphatic rings. The zero-order chi connectivity index (χ0) is 20.1. The summed E-state index contributed by atoms with van der Waals surface area (Å²) in [4.78, 5) is 17.5. The van der Waals surface area contributed by atoms with Crippen molar-refractivity contribution in [3.63, 3.8) is 0 Å². The number of piperazine rings is 1. The standard InChI is InChI=1S/C24H28N4O/c1-20(26-14-16-28(17-15-26)22-9-3-2-4-10-22)19-25-24(29)21-8-7-11-23(18-21)27-12-5-6-13-27/h2-13,18,20H,14-17,19H2,1H3,(H,25,29). The summed E-state index contributed by atoms with van der Waals surface area (Å²) in [6.07, 6.45) is 3.96. The van der Waals surface area contributed by atoms with E-state index in [4.69, 9.17) is 0 Å². The van der Waals surface area contributed by atoms with Crippen LogP contribution in [0.1, 0.15) is 17.3 Å². The summed E-state index contributed by atoms with van der Waals surface area (Å²) in [5.74, 6) is -0.0197. The van der Waals surface area contributed by atoms with Gasteiger partial charge >= 0.3 is 0 Å². The van der Waals surface area contributed by atoms with Crippen molar-refractivity contribution in [1.82, 2.24) is 14.8 Å². The maximum atomic E-state index is 12.6. The third-order valence-corrected chi connectivity index (χ3v) is 5.63. The number of amides is 1. The minimum absolute atomic E-state index is 0.0197. The second-order valence-corrected chi connectivity index (χ2v) is 7.56. The van der Waals surface area contributed by atoms with E-state index < -0.39 is 0 Å². The first-order valence-corrected chi connectivity index (χ1v) is 10.3. The molecule has 3 aromatic rings. The van der Waals surface area contributed by atoms with Gasteiger partial charge in [0.15, 0.2) is 0 Å². The van der Waals surface area contributed by atoms with E-state index in [2.05, 4.69) is 52.4 Å². The van der Waals surface area contributed by atoms with Gasteiger partial charge in [0.25, 0.3) is 5.91 Å². The summed E-state index contributed by atoms with van der Waals surface area (Å²) in [5, 5.41) is 3.11. The Morgan fingerprint density at radius 1 is 0.897 bits per heavy atom. The van der Waals surface area contributed by atoms with Crippen LogP contribution in [0.4, 0.5) is 5.69 Å². The molecule has 1 N–H and O–H groups in total. The summed E-state index contributed by atoms with van der Waals surface area (Å²) in [6.45, 7) is 6.89. The summed E-state index contributed by atoms with van der Waals surface area (Å²) in [5.41, 5.74) is 2.97. The van der Waals surface area contributed by atoms with Crippen LogP contribution in [-0.2, 0) is 0 Å². The molecule has 0 aliphatic carbocycles. The maximum absolute atomic E-state index is 12.6. The Balaban J connectivity index is 1.28. The number of nitrogens with one attached hydrogen (secondary N) is 1. The van der Waals surface area contributed by atoms with Gasteiger partial charge < -0.3 is 14.8 Å². The third-order valence-electron chi connectivity index (χ3n) is 5.63. The Labute approximate surface area is 172 Å². The highest BCUT2D eigenvalue weighted by molar-refractivity contribution is 5.94. The van der Waals surface area contributed by atoms with Crippen molar-refractivity contribution in [1.29, 1.82) is 0 Å². The predicted molar refractivity (Wildman–Crippen MR) is 118 cm³/mol. The molecule has 5 heteroatoms. The number of hydrogen-bond acceptors (Lipinski definition) is 3. The molecule has 1 saturated heterocycles. The van der Waals surface area contributed by atoms with E-state index in [-0.39, 0.29) is 5.91 Å². The van der Waals surface area contributed by atoms with Crippen molar-refractivity contribution < 1.29 is 4.79 Å². The molecule has 5 nitrogen and oxygen atoms in total. The van der Waals surface area contributed by atoms with E-state index in [1.54, 1.807) is 0 Å². The molecule has 0 spiro atoms. The fraction of sp³-hybridized carbons (Fsp3) is 0.292. The fourth-order valence-corrected chi connectivity index (χ4v) is 3.85. The lowest BCUT2D eigenvalue weighted by Crippen LogP contribution is -2.52. The molecule has 1 aliphatic heterocycles. The van der Waals surface area contributed by atoms with Crippen molar-refractivity contribution in [2.24, 2.45) is 0 Å². The number of carbonyl (C=O) groups is 1. The minimum atomic E-state index is -0.0197. The van der Waals surface area contributed by atoms with E-state index in [9.17, 15) is 4.79 Å². The molecule has 0 radical (unpaired) electrons. The first-order chi connectivity index (χ1) is 14.2. The second kappa shape index (κ2) is 8.97. The molecular weight excluding hydrogens is 360 g/mol. The molecule has 1 atom stereocenters. The average molecular weight is 389 g/mol. The third kappa shape index (κ3) is 4.69. The lowest BCUT2D eigenvalue weighted by molar-refractivity contribution is 0.0934. The number of aromatic nitrogens is 1. The summed E-state index contributed by atoms with van der Waals surface area (Å²) >= 11 is 0. The van der Waals surface area contributed by atoms with E-state index >= 15 is 0 Å². The Bertz CT molecular complexity index is 915. The van der Waals surface area contributed by atoms with Gasteiger partial charge in [-0.25, -0.2) is 0 Å². The van der Waals surface area contributed by atoms with Crippen LogP contribution in [0, 0.1) is 0 Å². The van der Waals surface area contributed by atoms with Crippen molar-refractivity contribution in [2.75, 3.05) is 37.6 Å². The molecule has 2 heterocycles. The highest BCUT2D eigenvalue weighted by atomic mass is 16.1. The summed E-state index contributed by atoms with van der Waals surface area (Å²) in [7, 11) is 0. The molecule has 0 saturated carbocycles. The van der Waals surface area contributed by atoms with Gasteiger partial charge in [0.1, 0.15) is 0 Å². The predicted octanol–water partition coefficient (Wildman–Crippen LogP) is 3.42. The van der Waals surface area contributed by atoms with Crippen molar-refractivity contribution in [2.45, 2.75) is 13.0 Å². The monoisotopic (exact) mass is 388 g/mol. The second-order valence-electron chi connectivity index (χ2n) is 7.56. The van der Waals surface area contributed by atoms with Crippen LogP contribution < -0.4 is 10.2 Å². The van der Waals surface area contributed by atoms with Gasteiger partial charge in [-0.05, 0) is 49.4 Å². The van der Waals surface area contributed by atoms with Gasteiger partial charge in [0, 0.05) is 68.1 Å². The Kier molecular flexibility index (Phi) is 5.96. The van der Waals surface area contributed by atoms with Gasteiger partial charge in [0.2, 0.25) is 0 Å². The number of hydrogen-bond donors (Lipinski definition) is 1. The van der Waals surface area contributed by atoms with E-state index in [1.165, 1.54) is 5.69 Å². The van der Waals surface area contributed by atoms with Crippen molar-refractivity contribution >= 4 is 11.6 Å². The Morgan fingerprint density at radius 2 is 1.59 bits per heavy atom. The van der Waals surface area contributed by atoms with Crippen molar-refractivity contribution in [3.05, 3.63) is 84.7 Å². The molecular formula is C24H28N4O. The van der Waals surface area contributed by atoms with Gasteiger partial charge in [-0.15, -0.1) is 0 Å². The summed E-state index contributed by atoms with van der Waals surface area (Å²) < 4.78 is 2.01. The zero-order valence-corrected chi connectivity index (χ0v) is 16.9. The fourth-order valence-electron chi connectivity index (χ4n) is 3.85. The van der Waals surface area contributed by atoms with Crippen LogP contribution in [0.2, 0.25) is 0 Å². The maximum Gasteiger partial charge on any atom is 0.251 e. The van der Waals surface area contributed by atoms with E-state index in [1.807, 2.05) is 53.4 Å². The number of rotatable bonds is 6. The molecule has 0 bridgehead atoms. The highest BCUT2D eigenvalue weighted by Crippen LogP contribution is 2.16. The number of para-hydroxylation sites is 1. The van der Waals surface area contributed by atoms with Crippen LogP contribution in [0.25, 0.3) is 5.69 Å². The lowest BCUT2D eigenvalue weighted by atomic mass is 10.1. The quantitative estimate of drug-likeness (QED) is 0.703. The molecule has 1 unspecified atom stereocenters. The van der Waals surface area contributed by atoms with Crippen LogP contribution in [0.3, 0.4) is 0 Å². The first-order valence-electron chi connectivity index (χ1n) is 10.3. The highest BCUT2D eigenvalue weighted by Gasteiger charge is 2.21. The number of benzene rings is 2. The van der Waals surface area contributed by atoms with E-state index in [0.29, 0.717) is 18.2 Å². The van der Waals surface area contributed by atoms with Crippen LogP contribution in [0.15, 0.2) is 79.1 Å². The average Bonchev–Trinajstić information content (AvgIpc) is 3.33. The number of anilines is 1. The summed E-state index contributed by atoms with van der Waals surface area (Å²) in [6, 6.07) is 22.6. The topological polar surface area (TPSA) is 40.5 Å². The zero-order valence-electron chi connectivity index (χ0n) is 16.9. The van der Waals surface area contributed by atoms with Gasteiger partial charge in [-0.2, -0.15) is 0 Å². The largest absolute Gasteiger partial charge is 0.369 e. The number of carbonyl (C=O) groups excluding carboxylic acids is 1. The molecule has 150 valence electrons. The molecule has 4 rings (SSSR count). The smallest absolute Gasteiger partial charge is 0.251 e. The van der Waals surface area contributed by atoms with Crippen LogP contribution in [0.5, 0.6) is 0 Å². The normalized spacial score (nSPS) is 15.8. The Hall–Kier alpha value is -3.05. The van der Waals surface area contributed by atoms with E-state index in [0.717, 1.165) is 31.9 Å². The molecule has 1 aromatic heterocycles. The minimum Gasteiger partial charge on any atom is -0.369 e. The van der Waals surface area contributed by atoms with Gasteiger partial charge in [-0.1, -0.05) is 24.3 Å². The van der Waals surface area contributed by atoms with Gasteiger partial charge in [-0.3, -0.25) is 9.69 Å². The first kappa shape index (κ1) is 19.3. The van der Waals surface area contributed by atoms with Crippen LogP contribution >= 0.6 is 0 Å². The SMILES string of the molecule is CC(CNC(=O)c1cccc(-n2cccc2)c1)N1CCN(c2ccccc2)CC1. The Morgan fingerprint density at radius 3 is 2.31 bits per heavy atom. The van der Waals surface area contributed by atoms with Crippen molar-refractivity contribution in [3.8, 4) is 5.69 Å². The number of nitrogens with zero attached hydrogens (tertiary/aromatic N) is 3. The molecule has 2 aromatic carbocycles. The molecule has 1 amide bonds. The van der Waals surface area contributed by atoms with Crippen LogP contribution in [-0.4, -0.2) is 54.1 Å². The molecule has 29 heavy (non-hydrogen) atoms. The lowest BCUT2D eigenvalue weighted by Gasteiger charge is -2.39.